The first-order valence-electron chi connectivity index (χ1n) is 6.05. The van der Waals surface area contributed by atoms with Crippen molar-refractivity contribution in [3.8, 4) is 0 Å². The van der Waals surface area contributed by atoms with Crippen LogP contribution in [0.4, 0.5) is 4.79 Å². The highest BCUT2D eigenvalue weighted by Crippen LogP contribution is 2.09. The normalized spacial score (nSPS) is 20.7. The molecule has 1 aliphatic rings. The number of urea groups is 1. The minimum Gasteiger partial charge on any atom is -0.481 e. The maximum absolute atomic E-state index is 11.9. The molecule has 0 aromatic carbocycles. The van der Waals surface area contributed by atoms with Gasteiger partial charge in [0.25, 0.3) is 0 Å². The molecule has 1 aliphatic heterocycles. The topological polar surface area (TPSA) is 122 Å². The molecule has 3 amide bonds. The lowest BCUT2D eigenvalue weighted by atomic mass is 10.2. The van der Waals surface area contributed by atoms with Gasteiger partial charge in [-0.05, 0) is 6.92 Å². The number of primary amides is 1. The van der Waals surface area contributed by atoms with Crippen LogP contribution in [0, 0.1) is 0 Å². The molecule has 0 saturated carbocycles. The van der Waals surface area contributed by atoms with E-state index in [0.29, 0.717) is 13.2 Å². The van der Waals surface area contributed by atoms with Gasteiger partial charge in [0.1, 0.15) is 0 Å². The number of nitrogens with zero attached hydrogens (tertiary/aromatic N) is 1. The van der Waals surface area contributed by atoms with E-state index < -0.39 is 18.0 Å². The second-order valence-electron chi connectivity index (χ2n) is 4.56. The Balaban J connectivity index is 2.43. The van der Waals surface area contributed by atoms with Crippen LogP contribution in [-0.2, 0) is 14.3 Å². The molecule has 108 valence electrons. The molecule has 1 saturated heterocycles. The van der Waals surface area contributed by atoms with Crippen LogP contribution in [0.5, 0.6) is 0 Å². The molecule has 2 unspecified atom stereocenters. The van der Waals surface area contributed by atoms with E-state index in [-0.39, 0.29) is 31.5 Å². The average molecular weight is 273 g/mol. The van der Waals surface area contributed by atoms with Gasteiger partial charge in [-0.15, -0.1) is 0 Å². The molecule has 0 aromatic rings. The number of carbonyl (C=O) groups excluding carboxylic acids is 2. The zero-order valence-corrected chi connectivity index (χ0v) is 10.8. The summed E-state index contributed by atoms with van der Waals surface area (Å²) in [5.41, 5.74) is 5.04. The summed E-state index contributed by atoms with van der Waals surface area (Å²) in [6.07, 6.45) is -0.571. The van der Waals surface area contributed by atoms with Crippen LogP contribution >= 0.6 is 0 Å². The van der Waals surface area contributed by atoms with Crippen molar-refractivity contribution in [2.24, 2.45) is 5.73 Å². The Bertz CT molecular complexity index is 360. The van der Waals surface area contributed by atoms with Crippen LogP contribution in [0.25, 0.3) is 0 Å². The van der Waals surface area contributed by atoms with Crippen LogP contribution in [0.2, 0.25) is 0 Å². The van der Waals surface area contributed by atoms with E-state index in [9.17, 15) is 14.4 Å². The summed E-state index contributed by atoms with van der Waals surface area (Å²) >= 11 is 0. The Morgan fingerprint density at radius 3 is 2.79 bits per heavy atom. The Morgan fingerprint density at radius 1 is 1.53 bits per heavy atom. The third-order valence-corrected chi connectivity index (χ3v) is 2.71. The van der Waals surface area contributed by atoms with Crippen LogP contribution in [0.3, 0.4) is 0 Å². The quantitative estimate of drug-likeness (QED) is 0.601. The lowest BCUT2D eigenvalue weighted by molar-refractivity contribution is -0.141. The van der Waals surface area contributed by atoms with Gasteiger partial charge >= 0.3 is 12.0 Å². The van der Waals surface area contributed by atoms with E-state index >= 15 is 0 Å². The number of ether oxygens (including phenoxy) is 1. The van der Waals surface area contributed by atoms with Crippen LogP contribution in [0.15, 0.2) is 0 Å². The van der Waals surface area contributed by atoms with Gasteiger partial charge in [0, 0.05) is 25.6 Å². The maximum atomic E-state index is 11.9. The summed E-state index contributed by atoms with van der Waals surface area (Å²) in [5.74, 6) is -1.45. The molecule has 4 N–H and O–H groups in total. The summed E-state index contributed by atoms with van der Waals surface area (Å²) < 4.78 is 5.26. The van der Waals surface area contributed by atoms with Gasteiger partial charge in [-0.2, -0.15) is 0 Å². The third-order valence-electron chi connectivity index (χ3n) is 2.71. The molecule has 8 heteroatoms. The van der Waals surface area contributed by atoms with Crippen molar-refractivity contribution < 1.29 is 24.2 Å². The van der Waals surface area contributed by atoms with Crippen molar-refractivity contribution in [3.63, 3.8) is 0 Å². The van der Waals surface area contributed by atoms with E-state index in [1.165, 1.54) is 4.90 Å². The Morgan fingerprint density at radius 2 is 2.21 bits per heavy atom. The molecule has 2 atom stereocenters. The minimum atomic E-state index is -0.964. The molecule has 1 heterocycles. The predicted octanol–water partition coefficient (Wildman–Crippen LogP) is -0.865. The molecule has 0 aromatic heterocycles. The lowest BCUT2D eigenvalue weighted by Crippen LogP contribution is -2.52. The lowest BCUT2D eigenvalue weighted by Gasteiger charge is -2.33. The highest BCUT2D eigenvalue weighted by Gasteiger charge is 2.26. The summed E-state index contributed by atoms with van der Waals surface area (Å²) in [7, 11) is 0. The molecule has 1 rings (SSSR count). The number of hydrogen-bond acceptors (Lipinski definition) is 4. The van der Waals surface area contributed by atoms with Crippen LogP contribution in [0.1, 0.15) is 19.8 Å². The van der Waals surface area contributed by atoms with Gasteiger partial charge in [-0.1, -0.05) is 0 Å². The van der Waals surface area contributed by atoms with E-state index in [1.54, 1.807) is 6.92 Å². The van der Waals surface area contributed by atoms with E-state index in [0.717, 1.165) is 0 Å². The first-order chi connectivity index (χ1) is 8.88. The number of rotatable bonds is 5. The molecule has 0 spiro atoms. The number of amides is 3. The zero-order chi connectivity index (χ0) is 14.4. The van der Waals surface area contributed by atoms with Crippen molar-refractivity contribution in [1.82, 2.24) is 10.2 Å². The first-order valence-corrected chi connectivity index (χ1v) is 6.05. The number of carboxylic acid groups (broad SMARTS) is 1. The van der Waals surface area contributed by atoms with Crippen molar-refractivity contribution >= 4 is 17.9 Å². The van der Waals surface area contributed by atoms with Crippen LogP contribution < -0.4 is 11.1 Å². The zero-order valence-electron chi connectivity index (χ0n) is 10.8. The number of nitrogens with two attached hydrogens (primary N) is 1. The minimum absolute atomic E-state index is 0.0641. The fourth-order valence-electron chi connectivity index (χ4n) is 1.88. The second-order valence-corrected chi connectivity index (χ2v) is 4.56. The van der Waals surface area contributed by atoms with Crippen molar-refractivity contribution in [2.75, 3.05) is 19.7 Å². The smallest absolute Gasteiger partial charge is 0.317 e. The molecule has 8 nitrogen and oxygen atoms in total. The summed E-state index contributed by atoms with van der Waals surface area (Å²) in [6.45, 7) is 2.60. The van der Waals surface area contributed by atoms with Crippen LogP contribution in [-0.4, -0.2) is 59.8 Å². The van der Waals surface area contributed by atoms with Gasteiger partial charge in [0.2, 0.25) is 5.91 Å². The molecule has 0 radical (unpaired) electrons. The second kappa shape index (κ2) is 6.93. The van der Waals surface area contributed by atoms with Gasteiger partial charge in [0.15, 0.2) is 0 Å². The first kappa shape index (κ1) is 15.2. The maximum Gasteiger partial charge on any atom is 0.317 e. The number of hydrogen-bond donors (Lipinski definition) is 3. The highest BCUT2D eigenvalue weighted by molar-refractivity contribution is 5.78. The fourth-order valence-corrected chi connectivity index (χ4v) is 1.88. The Hall–Kier alpha value is -1.83. The predicted molar refractivity (Wildman–Crippen MR) is 65.4 cm³/mol. The average Bonchev–Trinajstić information content (AvgIpc) is 2.27. The molecular weight excluding hydrogens is 254 g/mol. The van der Waals surface area contributed by atoms with Gasteiger partial charge in [0.05, 0.1) is 19.1 Å². The standard InChI is InChI=1S/C11H19N3O5/c1-7(4-9(12)15)13-11(18)14-2-3-19-8(6-14)5-10(16)17/h7-8H,2-6H2,1H3,(H2,12,15)(H,13,18)(H,16,17). The summed E-state index contributed by atoms with van der Waals surface area (Å²) in [5, 5.41) is 11.3. The molecule has 19 heavy (non-hydrogen) atoms. The largest absolute Gasteiger partial charge is 0.481 e. The van der Waals surface area contributed by atoms with E-state index in [4.69, 9.17) is 15.6 Å². The van der Waals surface area contributed by atoms with Crippen molar-refractivity contribution in [2.45, 2.75) is 31.9 Å². The van der Waals surface area contributed by atoms with Gasteiger partial charge in [-0.3, -0.25) is 9.59 Å². The SMILES string of the molecule is CC(CC(N)=O)NC(=O)N1CCOC(CC(=O)O)C1. The fraction of sp³-hybridized carbons (Fsp3) is 0.727. The summed E-state index contributed by atoms with van der Waals surface area (Å²) in [6, 6.07) is -0.696. The monoisotopic (exact) mass is 273 g/mol. The molecular formula is C11H19N3O5. The van der Waals surface area contributed by atoms with Gasteiger partial charge < -0.3 is 25.8 Å². The Labute approximate surface area is 110 Å². The van der Waals surface area contributed by atoms with E-state index in [1.807, 2.05) is 0 Å². The Kier molecular flexibility index (Phi) is 5.56. The summed E-state index contributed by atoms with van der Waals surface area (Å²) in [4.78, 5) is 34.7. The number of morpholine rings is 1. The van der Waals surface area contributed by atoms with E-state index in [2.05, 4.69) is 5.32 Å². The third kappa shape index (κ3) is 5.56. The number of carboxylic acids is 1. The molecule has 1 fully saturated rings. The molecule has 0 bridgehead atoms. The van der Waals surface area contributed by atoms with Gasteiger partial charge in [-0.25, -0.2) is 4.79 Å². The molecule has 0 aliphatic carbocycles. The number of aliphatic carboxylic acids is 1. The number of carbonyl (C=O) groups is 3. The van der Waals surface area contributed by atoms with Crippen molar-refractivity contribution in [1.29, 1.82) is 0 Å². The highest BCUT2D eigenvalue weighted by atomic mass is 16.5. The number of nitrogens with one attached hydrogen (secondary N) is 1. The van der Waals surface area contributed by atoms with Crippen molar-refractivity contribution in [3.05, 3.63) is 0 Å².